The first-order chi connectivity index (χ1) is 9.90. The quantitative estimate of drug-likeness (QED) is 0.784. The predicted octanol–water partition coefficient (Wildman–Crippen LogP) is 3.33. The van der Waals surface area contributed by atoms with Crippen molar-refractivity contribution in [3.05, 3.63) is 72.1 Å². The molecule has 0 aliphatic rings. The van der Waals surface area contributed by atoms with Crippen LogP contribution >= 0.6 is 0 Å². The molecule has 0 radical (unpaired) electrons. The fourth-order valence-corrected chi connectivity index (χ4v) is 2.59. The summed E-state index contributed by atoms with van der Waals surface area (Å²) in [6.45, 7) is 3.02. The molecule has 0 saturated heterocycles. The number of fused-ring (bicyclic) bond motifs is 1. The lowest BCUT2D eigenvalue weighted by molar-refractivity contribution is 0.630. The van der Waals surface area contributed by atoms with Gasteiger partial charge >= 0.3 is 0 Å². The van der Waals surface area contributed by atoms with Crippen LogP contribution in [0.3, 0.4) is 0 Å². The zero-order valence-electron chi connectivity index (χ0n) is 11.5. The van der Waals surface area contributed by atoms with Crippen LogP contribution in [0.15, 0.2) is 60.9 Å². The summed E-state index contributed by atoms with van der Waals surface area (Å²) in [4.78, 5) is 0. The summed E-state index contributed by atoms with van der Waals surface area (Å²) in [5.74, 6) is 0. The summed E-state index contributed by atoms with van der Waals surface area (Å²) >= 11 is 0. The number of benzene rings is 2. The van der Waals surface area contributed by atoms with Gasteiger partial charge in [0.1, 0.15) is 0 Å². The zero-order chi connectivity index (χ0) is 13.8. The minimum Gasteiger partial charge on any atom is -0.306 e. The Morgan fingerprint density at radius 1 is 1.00 bits per heavy atom. The van der Waals surface area contributed by atoms with E-state index in [1.807, 2.05) is 12.3 Å². The van der Waals surface area contributed by atoms with Crippen LogP contribution in [0, 0.1) is 0 Å². The van der Waals surface area contributed by atoms with Crippen molar-refractivity contribution in [2.24, 2.45) is 0 Å². The summed E-state index contributed by atoms with van der Waals surface area (Å²) in [6, 6.07) is 17.1. The first kappa shape index (κ1) is 12.8. The number of aromatic nitrogens is 2. The van der Waals surface area contributed by atoms with Crippen molar-refractivity contribution < 1.29 is 0 Å². The van der Waals surface area contributed by atoms with Crippen molar-refractivity contribution >= 4 is 10.8 Å². The predicted molar refractivity (Wildman–Crippen MR) is 81.5 cm³/mol. The molecule has 0 spiro atoms. The molecule has 100 valence electrons. The average Bonchev–Trinajstić information content (AvgIpc) is 2.53. The molecule has 0 aliphatic carbocycles. The second-order valence-corrected chi connectivity index (χ2v) is 4.73. The molecule has 3 aromatic rings. The van der Waals surface area contributed by atoms with Crippen LogP contribution in [0.5, 0.6) is 0 Å². The molecule has 3 heteroatoms. The molecule has 1 N–H and O–H groups in total. The fraction of sp³-hybridized carbons (Fsp3) is 0.176. The molecule has 3 rings (SSSR count). The first-order valence-corrected chi connectivity index (χ1v) is 6.88. The van der Waals surface area contributed by atoms with E-state index in [9.17, 15) is 0 Å². The molecule has 0 amide bonds. The highest BCUT2D eigenvalue weighted by Gasteiger charge is 2.15. The lowest BCUT2D eigenvalue weighted by atomic mass is 9.95. The second-order valence-electron chi connectivity index (χ2n) is 4.73. The highest BCUT2D eigenvalue weighted by Crippen LogP contribution is 2.28. The normalized spacial score (nSPS) is 12.4. The molecule has 20 heavy (non-hydrogen) atoms. The van der Waals surface area contributed by atoms with Crippen molar-refractivity contribution in [3.8, 4) is 0 Å². The topological polar surface area (TPSA) is 37.8 Å². The molecule has 0 aliphatic heterocycles. The van der Waals surface area contributed by atoms with Gasteiger partial charge < -0.3 is 5.32 Å². The number of nitrogens with one attached hydrogen (secondary N) is 1. The molecule has 0 fully saturated rings. The monoisotopic (exact) mass is 263 g/mol. The smallest absolute Gasteiger partial charge is 0.0599 e. The molecular weight excluding hydrogens is 246 g/mol. The van der Waals surface area contributed by atoms with E-state index in [1.54, 1.807) is 6.20 Å². The maximum Gasteiger partial charge on any atom is 0.0599 e. The summed E-state index contributed by atoms with van der Waals surface area (Å²) in [5.41, 5.74) is 2.41. The summed E-state index contributed by atoms with van der Waals surface area (Å²) < 4.78 is 0. The van der Waals surface area contributed by atoms with E-state index in [1.165, 1.54) is 16.3 Å². The van der Waals surface area contributed by atoms with Gasteiger partial charge in [-0.1, -0.05) is 49.4 Å². The third-order valence-electron chi connectivity index (χ3n) is 3.48. The SMILES string of the molecule is CCNC(c1ccnnc1)c1cccc2ccccc12. The fourth-order valence-electron chi connectivity index (χ4n) is 2.59. The molecule has 0 saturated carbocycles. The van der Waals surface area contributed by atoms with Crippen molar-refractivity contribution in [2.45, 2.75) is 13.0 Å². The molecular formula is C17H17N3. The van der Waals surface area contributed by atoms with Gasteiger partial charge in [0.2, 0.25) is 0 Å². The van der Waals surface area contributed by atoms with E-state index in [-0.39, 0.29) is 6.04 Å². The van der Waals surface area contributed by atoms with Gasteiger partial charge in [-0.3, -0.25) is 0 Å². The number of hydrogen-bond acceptors (Lipinski definition) is 3. The lowest BCUT2D eigenvalue weighted by Crippen LogP contribution is -2.22. The van der Waals surface area contributed by atoms with Crippen LogP contribution in [-0.2, 0) is 0 Å². The molecule has 1 aromatic heterocycles. The van der Waals surface area contributed by atoms with Gasteiger partial charge in [0, 0.05) is 6.20 Å². The van der Waals surface area contributed by atoms with Gasteiger partial charge in [0.15, 0.2) is 0 Å². The minimum absolute atomic E-state index is 0.140. The van der Waals surface area contributed by atoms with E-state index in [4.69, 9.17) is 0 Å². The molecule has 1 atom stereocenters. The highest BCUT2D eigenvalue weighted by molar-refractivity contribution is 5.86. The third-order valence-corrected chi connectivity index (χ3v) is 3.48. The van der Waals surface area contributed by atoms with Gasteiger partial charge in [0.25, 0.3) is 0 Å². The summed E-state index contributed by atoms with van der Waals surface area (Å²) in [5, 5.41) is 13.9. The van der Waals surface area contributed by atoms with Crippen molar-refractivity contribution in [1.82, 2.24) is 15.5 Å². The zero-order valence-corrected chi connectivity index (χ0v) is 11.5. The molecule has 1 unspecified atom stereocenters. The number of rotatable bonds is 4. The lowest BCUT2D eigenvalue weighted by Gasteiger charge is -2.20. The Balaban J connectivity index is 2.15. The van der Waals surface area contributed by atoms with Crippen molar-refractivity contribution in [1.29, 1.82) is 0 Å². The second kappa shape index (κ2) is 5.80. The van der Waals surface area contributed by atoms with Crippen LogP contribution in [-0.4, -0.2) is 16.7 Å². The van der Waals surface area contributed by atoms with Crippen LogP contribution in [0.1, 0.15) is 24.1 Å². The Kier molecular flexibility index (Phi) is 3.70. The summed E-state index contributed by atoms with van der Waals surface area (Å²) in [7, 11) is 0. The third kappa shape index (κ3) is 2.40. The van der Waals surface area contributed by atoms with Crippen LogP contribution < -0.4 is 5.32 Å². The summed E-state index contributed by atoms with van der Waals surface area (Å²) in [6.07, 6.45) is 3.57. The minimum atomic E-state index is 0.140. The van der Waals surface area contributed by atoms with E-state index in [0.29, 0.717) is 0 Å². The average molecular weight is 263 g/mol. The van der Waals surface area contributed by atoms with E-state index in [2.05, 4.69) is 64.9 Å². The Labute approximate surface area is 118 Å². The maximum atomic E-state index is 4.00. The van der Waals surface area contributed by atoms with E-state index >= 15 is 0 Å². The Hall–Kier alpha value is -2.26. The van der Waals surface area contributed by atoms with E-state index in [0.717, 1.165) is 12.1 Å². The maximum absolute atomic E-state index is 4.00. The Bertz CT molecular complexity index is 689. The van der Waals surface area contributed by atoms with Crippen molar-refractivity contribution in [2.75, 3.05) is 6.54 Å². The van der Waals surface area contributed by atoms with E-state index < -0.39 is 0 Å². The molecule has 3 nitrogen and oxygen atoms in total. The molecule has 2 aromatic carbocycles. The van der Waals surface area contributed by atoms with Crippen LogP contribution in [0.2, 0.25) is 0 Å². The molecule has 1 heterocycles. The number of hydrogen-bond donors (Lipinski definition) is 1. The van der Waals surface area contributed by atoms with Gasteiger partial charge in [-0.25, -0.2) is 0 Å². The largest absolute Gasteiger partial charge is 0.306 e. The molecule has 0 bridgehead atoms. The highest BCUT2D eigenvalue weighted by atomic mass is 15.1. The first-order valence-electron chi connectivity index (χ1n) is 6.88. The van der Waals surface area contributed by atoms with Gasteiger partial charge in [-0.2, -0.15) is 10.2 Å². The Morgan fingerprint density at radius 3 is 2.65 bits per heavy atom. The number of nitrogens with zero attached hydrogens (tertiary/aromatic N) is 2. The van der Waals surface area contributed by atoms with Crippen molar-refractivity contribution in [3.63, 3.8) is 0 Å². The standard InChI is InChI=1S/C17H17N3/c1-2-18-17(14-10-11-19-20-12-14)16-9-5-7-13-6-3-4-8-15(13)16/h3-12,17-18H,2H2,1H3. The van der Waals surface area contributed by atoms with Crippen LogP contribution in [0.25, 0.3) is 10.8 Å². The Morgan fingerprint density at radius 2 is 1.85 bits per heavy atom. The van der Waals surface area contributed by atoms with Crippen LogP contribution in [0.4, 0.5) is 0 Å². The van der Waals surface area contributed by atoms with Gasteiger partial charge in [0.05, 0.1) is 12.2 Å². The van der Waals surface area contributed by atoms with Gasteiger partial charge in [-0.15, -0.1) is 0 Å². The van der Waals surface area contributed by atoms with Gasteiger partial charge in [-0.05, 0) is 34.5 Å².